The highest BCUT2D eigenvalue weighted by molar-refractivity contribution is 9.10. The molecule has 7 heteroatoms. The zero-order chi connectivity index (χ0) is 14.7. The molecular weight excluding hydrogens is 334 g/mol. The van der Waals surface area contributed by atoms with Gasteiger partial charge in [0.1, 0.15) is 17.3 Å². The Bertz CT molecular complexity index is 537. The quantitative estimate of drug-likeness (QED) is 0.825. The summed E-state index contributed by atoms with van der Waals surface area (Å²) in [4.78, 5) is -0.0439. The lowest BCUT2D eigenvalue weighted by Gasteiger charge is -2.19. The summed E-state index contributed by atoms with van der Waals surface area (Å²) >= 11 is 3.20. The van der Waals surface area contributed by atoms with Crippen LogP contribution in [0.1, 0.15) is 20.8 Å². The minimum atomic E-state index is -3.82. The molecular formula is C12H18BrNO4S. The fraction of sp³-hybridized carbons (Fsp3) is 0.500. The van der Waals surface area contributed by atoms with Crippen molar-refractivity contribution in [3.8, 4) is 5.75 Å². The molecule has 0 aromatic heterocycles. The van der Waals surface area contributed by atoms with Gasteiger partial charge in [-0.2, -0.15) is 0 Å². The molecule has 0 bridgehead atoms. The van der Waals surface area contributed by atoms with E-state index in [0.29, 0.717) is 11.1 Å². The summed E-state index contributed by atoms with van der Waals surface area (Å²) in [5.41, 5.74) is -0.258. The third kappa shape index (κ3) is 5.90. The van der Waals surface area contributed by atoms with Crippen LogP contribution in [0.2, 0.25) is 0 Å². The number of hydrogen-bond donors (Lipinski definition) is 1. The van der Waals surface area contributed by atoms with Gasteiger partial charge in [0.25, 0.3) is 0 Å². The smallest absolute Gasteiger partial charge is 0.241 e. The van der Waals surface area contributed by atoms with E-state index >= 15 is 0 Å². The van der Waals surface area contributed by atoms with Gasteiger partial charge in [-0.1, -0.05) is 15.9 Å². The van der Waals surface area contributed by atoms with Gasteiger partial charge in [-0.05, 0) is 39.0 Å². The summed E-state index contributed by atoms with van der Waals surface area (Å²) in [6.07, 6.45) is 0. The minimum Gasteiger partial charge on any atom is -0.490 e. The molecule has 1 aromatic rings. The topological polar surface area (TPSA) is 78.6 Å². The van der Waals surface area contributed by atoms with E-state index in [1.807, 2.05) is 20.8 Å². The van der Waals surface area contributed by atoms with Gasteiger partial charge in [-0.25, -0.2) is 13.6 Å². The van der Waals surface area contributed by atoms with Gasteiger partial charge in [0.05, 0.1) is 12.2 Å². The summed E-state index contributed by atoms with van der Waals surface area (Å²) in [6, 6.07) is 4.66. The number of hydrogen-bond acceptors (Lipinski definition) is 4. The first-order valence-electron chi connectivity index (χ1n) is 5.69. The van der Waals surface area contributed by atoms with Crippen molar-refractivity contribution in [3.63, 3.8) is 0 Å². The Morgan fingerprint density at radius 1 is 1.26 bits per heavy atom. The number of nitrogens with two attached hydrogens (primary N) is 1. The Morgan fingerprint density at radius 2 is 1.89 bits per heavy atom. The molecule has 0 fully saturated rings. The van der Waals surface area contributed by atoms with Gasteiger partial charge in [0.2, 0.25) is 10.0 Å². The van der Waals surface area contributed by atoms with Crippen LogP contribution in [-0.2, 0) is 14.8 Å². The molecule has 19 heavy (non-hydrogen) atoms. The maximum atomic E-state index is 11.4. The lowest BCUT2D eigenvalue weighted by molar-refractivity contribution is -0.0166. The number of primary sulfonamides is 1. The van der Waals surface area contributed by atoms with Gasteiger partial charge in [-0.15, -0.1) is 0 Å². The monoisotopic (exact) mass is 351 g/mol. The average molecular weight is 352 g/mol. The maximum Gasteiger partial charge on any atom is 0.241 e. The molecule has 0 radical (unpaired) electrons. The first kappa shape index (κ1) is 16.4. The van der Waals surface area contributed by atoms with Crippen molar-refractivity contribution >= 4 is 26.0 Å². The van der Waals surface area contributed by atoms with Crippen LogP contribution in [0, 0.1) is 0 Å². The van der Waals surface area contributed by atoms with Crippen molar-refractivity contribution < 1.29 is 17.9 Å². The van der Waals surface area contributed by atoms with Gasteiger partial charge in [-0.3, -0.25) is 0 Å². The first-order chi connectivity index (χ1) is 8.59. The van der Waals surface area contributed by atoms with E-state index in [1.165, 1.54) is 6.07 Å². The normalized spacial score (nSPS) is 12.5. The van der Waals surface area contributed by atoms with Crippen molar-refractivity contribution in [1.29, 1.82) is 0 Å². The fourth-order valence-electron chi connectivity index (χ4n) is 1.32. The molecule has 0 atom stereocenters. The Morgan fingerprint density at radius 3 is 2.42 bits per heavy atom. The van der Waals surface area contributed by atoms with Gasteiger partial charge in [0.15, 0.2) is 0 Å². The summed E-state index contributed by atoms with van der Waals surface area (Å²) < 4.78 is 34.4. The molecule has 108 valence electrons. The predicted molar refractivity (Wildman–Crippen MR) is 76.7 cm³/mol. The molecule has 0 heterocycles. The molecule has 2 N–H and O–H groups in total. The third-order valence-electron chi connectivity index (χ3n) is 2.09. The SMILES string of the molecule is CC(C)(C)OCCOc1ccc(Br)cc1S(N)(=O)=O. The van der Waals surface area contributed by atoms with Crippen LogP contribution in [0.5, 0.6) is 5.75 Å². The van der Waals surface area contributed by atoms with Crippen LogP contribution in [0.3, 0.4) is 0 Å². The van der Waals surface area contributed by atoms with Crippen LogP contribution in [0.15, 0.2) is 27.6 Å². The van der Waals surface area contributed by atoms with Crippen molar-refractivity contribution in [3.05, 3.63) is 22.7 Å². The first-order valence-corrected chi connectivity index (χ1v) is 8.03. The van der Waals surface area contributed by atoms with E-state index in [4.69, 9.17) is 14.6 Å². The summed E-state index contributed by atoms with van der Waals surface area (Å²) in [7, 11) is -3.82. The highest BCUT2D eigenvalue weighted by Gasteiger charge is 2.16. The molecule has 0 aliphatic carbocycles. The standard InChI is InChI=1S/C12H18BrNO4S/c1-12(2,3)18-7-6-17-10-5-4-9(13)8-11(10)19(14,15)16/h4-5,8H,6-7H2,1-3H3,(H2,14,15,16). The summed E-state index contributed by atoms with van der Waals surface area (Å²) in [6.45, 7) is 6.41. The van der Waals surface area contributed by atoms with Gasteiger partial charge in [0, 0.05) is 4.47 Å². The van der Waals surface area contributed by atoms with Crippen LogP contribution in [0.4, 0.5) is 0 Å². The summed E-state index contributed by atoms with van der Waals surface area (Å²) in [5.74, 6) is 0.225. The molecule has 0 aliphatic rings. The van der Waals surface area contributed by atoms with Crippen LogP contribution in [0.25, 0.3) is 0 Å². The molecule has 0 saturated carbocycles. The lowest BCUT2D eigenvalue weighted by Crippen LogP contribution is -2.23. The van der Waals surface area contributed by atoms with Crippen molar-refractivity contribution in [2.24, 2.45) is 5.14 Å². The second-order valence-electron chi connectivity index (χ2n) is 4.95. The van der Waals surface area contributed by atoms with E-state index in [1.54, 1.807) is 12.1 Å². The maximum absolute atomic E-state index is 11.4. The van der Waals surface area contributed by atoms with Crippen LogP contribution < -0.4 is 9.88 Å². The van der Waals surface area contributed by atoms with Gasteiger partial charge >= 0.3 is 0 Å². The van der Waals surface area contributed by atoms with Gasteiger partial charge < -0.3 is 9.47 Å². The van der Waals surface area contributed by atoms with E-state index in [9.17, 15) is 8.42 Å². The molecule has 0 aliphatic heterocycles. The van der Waals surface area contributed by atoms with E-state index < -0.39 is 10.0 Å². The molecule has 0 amide bonds. The molecule has 5 nitrogen and oxygen atoms in total. The number of halogens is 1. The molecule has 0 spiro atoms. The molecule has 1 rings (SSSR count). The largest absolute Gasteiger partial charge is 0.490 e. The predicted octanol–water partition coefficient (Wildman–Crippen LogP) is 2.29. The summed E-state index contributed by atoms with van der Waals surface area (Å²) in [5, 5.41) is 5.14. The Kier molecular flexibility index (Phi) is 5.37. The highest BCUT2D eigenvalue weighted by Crippen LogP contribution is 2.26. The average Bonchev–Trinajstić information content (AvgIpc) is 2.23. The Hall–Kier alpha value is -0.630. The molecule has 0 unspecified atom stereocenters. The zero-order valence-corrected chi connectivity index (χ0v) is 13.5. The minimum absolute atomic E-state index is 0.0439. The number of ether oxygens (including phenoxy) is 2. The zero-order valence-electron chi connectivity index (χ0n) is 11.1. The van der Waals surface area contributed by atoms with Crippen LogP contribution in [-0.4, -0.2) is 27.2 Å². The third-order valence-corrected chi connectivity index (χ3v) is 3.51. The number of sulfonamides is 1. The lowest BCUT2D eigenvalue weighted by atomic mass is 10.2. The van der Waals surface area contributed by atoms with Crippen molar-refractivity contribution in [1.82, 2.24) is 0 Å². The van der Waals surface area contributed by atoms with Crippen LogP contribution >= 0.6 is 15.9 Å². The van der Waals surface area contributed by atoms with Crippen molar-refractivity contribution in [2.75, 3.05) is 13.2 Å². The number of rotatable bonds is 5. The molecule has 0 saturated heterocycles. The number of benzene rings is 1. The van der Waals surface area contributed by atoms with E-state index in [2.05, 4.69) is 15.9 Å². The van der Waals surface area contributed by atoms with Crippen molar-refractivity contribution in [2.45, 2.75) is 31.3 Å². The Labute approximate surface area is 122 Å². The fourth-order valence-corrected chi connectivity index (χ4v) is 2.53. The second kappa shape index (κ2) is 6.21. The second-order valence-corrected chi connectivity index (χ2v) is 7.39. The molecule has 1 aromatic carbocycles. The highest BCUT2D eigenvalue weighted by atomic mass is 79.9. The van der Waals surface area contributed by atoms with E-state index in [0.717, 1.165) is 0 Å². The Balaban J connectivity index is 2.74. The van der Waals surface area contributed by atoms with E-state index in [-0.39, 0.29) is 22.9 Å².